The molecule has 112 valence electrons. The number of nitrogens with two attached hydrogens (primary N) is 1. The van der Waals surface area contributed by atoms with Gasteiger partial charge in [-0.05, 0) is 37.5 Å². The monoisotopic (exact) mass is 293 g/mol. The Morgan fingerprint density at radius 3 is 2.67 bits per heavy atom. The van der Waals surface area contributed by atoms with Crippen molar-refractivity contribution in [2.24, 2.45) is 5.73 Å². The number of benzene rings is 1. The zero-order chi connectivity index (χ0) is 15.0. The highest BCUT2D eigenvalue weighted by Crippen LogP contribution is 2.38. The number of halogens is 2. The van der Waals surface area contributed by atoms with Crippen LogP contribution in [0.25, 0.3) is 0 Å². The van der Waals surface area contributed by atoms with Crippen molar-refractivity contribution < 1.29 is 13.3 Å². The highest BCUT2D eigenvalue weighted by atomic mass is 19.1. The molecule has 1 fully saturated rings. The topological polar surface area (TPSA) is 64.9 Å². The summed E-state index contributed by atoms with van der Waals surface area (Å²) in [4.78, 5) is 4.37. The highest BCUT2D eigenvalue weighted by Gasteiger charge is 2.42. The van der Waals surface area contributed by atoms with E-state index in [9.17, 15) is 8.78 Å². The summed E-state index contributed by atoms with van der Waals surface area (Å²) in [5.41, 5.74) is 6.29. The first-order valence-corrected chi connectivity index (χ1v) is 7.01. The standard InChI is InChI=1S/C15H17F2N3O/c1-15(4-2-3-12(15)18)14-19-13(20-21-14)7-9-5-10(16)8-11(17)6-9/h5-6,8,12H,2-4,7,18H2,1H3. The summed E-state index contributed by atoms with van der Waals surface area (Å²) < 4.78 is 31.7. The van der Waals surface area contributed by atoms with E-state index in [0.29, 0.717) is 17.3 Å². The molecule has 1 aromatic carbocycles. The molecule has 0 amide bonds. The third-order valence-corrected chi connectivity index (χ3v) is 4.27. The molecule has 2 unspecified atom stereocenters. The summed E-state index contributed by atoms with van der Waals surface area (Å²) in [6, 6.07) is 3.37. The van der Waals surface area contributed by atoms with Gasteiger partial charge in [0.1, 0.15) is 11.6 Å². The van der Waals surface area contributed by atoms with Gasteiger partial charge in [0.25, 0.3) is 0 Å². The Hall–Kier alpha value is -1.82. The third-order valence-electron chi connectivity index (χ3n) is 4.27. The number of rotatable bonds is 3. The molecule has 1 aromatic heterocycles. The van der Waals surface area contributed by atoms with Crippen molar-refractivity contribution in [2.75, 3.05) is 0 Å². The second-order valence-electron chi connectivity index (χ2n) is 5.89. The van der Waals surface area contributed by atoms with Crippen molar-refractivity contribution in [2.45, 2.75) is 44.1 Å². The molecule has 1 aliphatic carbocycles. The van der Waals surface area contributed by atoms with Crippen molar-refractivity contribution in [1.29, 1.82) is 0 Å². The smallest absolute Gasteiger partial charge is 0.234 e. The van der Waals surface area contributed by atoms with Crippen molar-refractivity contribution in [1.82, 2.24) is 10.1 Å². The van der Waals surface area contributed by atoms with Gasteiger partial charge in [-0.2, -0.15) is 4.98 Å². The number of hydrogen-bond acceptors (Lipinski definition) is 4. The minimum Gasteiger partial charge on any atom is -0.339 e. The van der Waals surface area contributed by atoms with E-state index in [1.54, 1.807) is 0 Å². The van der Waals surface area contributed by atoms with Crippen LogP contribution in [0.15, 0.2) is 22.7 Å². The van der Waals surface area contributed by atoms with Gasteiger partial charge in [-0.3, -0.25) is 0 Å². The van der Waals surface area contributed by atoms with Crippen LogP contribution in [0.4, 0.5) is 8.78 Å². The van der Waals surface area contributed by atoms with Crippen LogP contribution in [0.5, 0.6) is 0 Å². The second kappa shape index (κ2) is 5.18. The van der Waals surface area contributed by atoms with Crippen LogP contribution in [0.2, 0.25) is 0 Å². The summed E-state index contributed by atoms with van der Waals surface area (Å²) >= 11 is 0. The predicted molar refractivity (Wildman–Crippen MR) is 72.6 cm³/mol. The van der Waals surface area contributed by atoms with Gasteiger partial charge in [0.15, 0.2) is 5.82 Å². The first-order chi connectivity index (χ1) is 9.97. The summed E-state index contributed by atoms with van der Waals surface area (Å²) in [5.74, 6) is -0.299. The molecule has 4 nitrogen and oxygen atoms in total. The van der Waals surface area contributed by atoms with Gasteiger partial charge in [-0.1, -0.05) is 11.6 Å². The van der Waals surface area contributed by atoms with Gasteiger partial charge in [0.2, 0.25) is 5.89 Å². The maximum absolute atomic E-state index is 13.2. The van der Waals surface area contributed by atoms with Crippen molar-refractivity contribution >= 4 is 0 Å². The number of aromatic nitrogens is 2. The molecule has 21 heavy (non-hydrogen) atoms. The molecule has 2 atom stereocenters. The van der Waals surface area contributed by atoms with Crippen molar-refractivity contribution in [3.05, 3.63) is 47.1 Å². The molecule has 0 saturated heterocycles. The molecular weight excluding hydrogens is 276 g/mol. The molecule has 0 radical (unpaired) electrons. The summed E-state index contributed by atoms with van der Waals surface area (Å²) in [6.45, 7) is 2.02. The van der Waals surface area contributed by atoms with E-state index in [1.807, 2.05) is 6.92 Å². The van der Waals surface area contributed by atoms with Gasteiger partial charge in [0.05, 0.1) is 5.41 Å². The third kappa shape index (κ3) is 2.68. The Bertz CT molecular complexity index is 638. The minimum absolute atomic E-state index is 0.00239. The summed E-state index contributed by atoms with van der Waals surface area (Å²) in [6.07, 6.45) is 3.10. The molecule has 2 N–H and O–H groups in total. The van der Waals surface area contributed by atoms with E-state index in [4.69, 9.17) is 10.3 Å². The number of hydrogen-bond donors (Lipinski definition) is 1. The van der Waals surface area contributed by atoms with Gasteiger partial charge >= 0.3 is 0 Å². The Balaban J connectivity index is 1.82. The van der Waals surface area contributed by atoms with E-state index >= 15 is 0 Å². The van der Waals surface area contributed by atoms with Crippen molar-refractivity contribution in [3.63, 3.8) is 0 Å². The lowest BCUT2D eigenvalue weighted by molar-refractivity contribution is 0.276. The Labute approximate surface area is 121 Å². The average molecular weight is 293 g/mol. The highest BCUT2D eigenvalue weighted by molar-refractivity contribution is 5.21. The largest absolute Gasteiger partial charge is 0.339 e. The van der Waals surface area contributed by atoms with Crippen LogP contribution in [0, 0.1) is 11.6 Å². The Morgan fingerprint density at radius 1 is 1.33 bits per heavy atom. The SMILES string of the molecule is CC1(c2nc(Cc3cc(F)cc(F)c3)no2)CCCC1N. The first-order valence-electron chi connectivity index (χ1n) is 7.01. The first kappa shape index (κ1) is 14.1. The maximum atomic E-state index is 13.2. The van der Waals surface area contributed by atoms with Gasteiger partial charge < -0.3 is 10.3 Å². The zero-order valence-corrected chi connectivity index (χ0v) is 11.8. The van der Waals surface area contributed by atoms with Crippen LogP contribution in [-0.2, 0) is 11.8 Å². The van der Waals surface area contributed by atoms with E-state index < -0.39 is 11.6 Å². The molecule has 1 saturated carbocycles. The fourth-order valence-corrected chi connectivity index (χ4v) is 2.91. The van der Waals surface area contributed by atoms with Crippen LogP contribution in [-0.4, -0.2) is 16.2 Å². The van der Waals surface area contributed by atoms with Crippen molar-refractivity contribution in [3.8, 4) is 0 Å². The quantitative estimate of drug-likeness (QED) is 0.945. The molecule has 0 spiro atoms. The molecule has 1 aliphatic rings. The normalized spacial score (nSPS) is 25.4. The number of nitrogens with zero attached hydrogens (tertiary/aromatic N) is 2. The lowest BCUT2D eigenvalue weighted by atomic mass is 9.85. The molecule has 3 rings (SSSR count). The molecule has 2 aromatic rings. The van der Waals surface area contributed by atoms with Crippen LogP contribution < -0.4 is 5.73 Å². The second-order valence-corrected chi connectivity index (χ2v) is 5.89. The molecule has 6 heteroatoms. The molecule has 1 heterocycles. The van der Waals surface area contributed by atoms with Crippen LogP contribution >= 0.6 is 0 Å². The Morgan fingerprint density at radius 2 is 2.05 bits per heavy atom. The maximum Gasteiger partial charge on any atom is 0.234 e. The van der Waals surface area contributed by atoms with E-state index in [1.165, 1.54) is 12.1 Å². The molecular formula is C15H17F2N3O. The fraction of sp³-hybridized carbons (Fsp3) is 0.467. The van der Waals surface area contributed by atoms with Gasteiger partial charge in [0, 0.05) is 18.5 Å². The fourth-order valence-electron chi connectivity index (χ4n) is 2.91. The lowest BCUT2D eigenvalue weighted by Crippen LogP contribution is -2.38. The molecule has 0 aliphatic heterocycles. The lowest BCUT2D eigenvalue weighted by Gasteiger charge is -2.23. The zero-order valence-electron chi connectivity index (χ0n) is 11.8. The van der Waals surface area contributed by atoms with E-state index in [0.717, 1.165) is 25.3 Å². The molecule has 0 bridgehead atoms. The Kier molecular flexibility index (Phi) is 3.49. The predicted octanol–water partition coefficient (Wildman–Crippen LogP) is 2.71. The van der Waals surface area contributed by atoms with Gasteiger partial charge in [-0.25, -0.2) is 8.78 Å². The van der Waals surface area contributed by atoms with E-state index in [2.05, 4.69) is 10.1 Å². The van der Waals surface area contributed by atoms with Crippen LogP contribution in [0.1, 0.15) is 43.5 Å². The minimum atomic E-state index is -0.613. The van der Waals surface area contributed by atoms with Crippen LogP contribution in [0.3, 0.4) is 0 Å². The summed E-state index contributed by atoms with van der Waals surface area (Å²) in [5, 5.41) is 3.91. The van der Waals surface area contributed by atoms with Gasteiger partial charge in [-0.15, -0.1) is 0 Å². The summed E-state index contributed by atoms with van der Waals surface area (Å²) in [7, 11) is 0. The average Bonchev–Trinajstić information content (AvgIpc) is 2.97. The van der Waals surface area contributed by atoms with E-state index in [-0.39, 0.29) is 17.9 Å².